The Morgan fingerprint density at radius 1 is 1.64 bits per heavy atom. The maximum Gasteiger partial charge on any atom is 0.280 e. The summed E-state index contributed by atoms with van der Waals surface area (Å²) in [7, 11) is 0. The van der Waals surface area contributed by atoms with Gasteiger partial charge >= 0.3 is 0 Å². The second-order valence-corrected chi connectivity index (χ2v) is 3.51. The third-order valence-electron chi connectivity index (χ3n) is 1.78. The molecular formula is C11H18F2O. The molecule has 1 aliphatic rings. The summed E-state index contributed by atoms with van der Waals surface area (Å²) >= 11 is 0. The average molecular weight is 204 g/mol. The van der Waals surface area contributed by atoms with Gasteiger partial charge in [0.1, 0.15) is 6.10 Å². The zero-order valence-corrected chi connectivity index (χ0v) is 8.98. The third-order valence-corrected chi connectivity index (χ3v) is 1.78. The van der Waals surface area contributed by atoms with Crippen LogP contribution in [0.15, 0.2) is 23.8 Å². The Morgan fingerprint density at radius 2 is 2.07 bits per heavy atom. The Balaban J connectivity index is 0.000000500. The molecule has 1 N–H and O–H groups in total. The van der Waals surface area contributed by atoms with Crippen molar-refractivity contribution >= 4 is 0 Å². The van der Waals surface area contributed by atoms with E-state index >= 15 is 0 Å². The van der Waals surface area contributed by atoms with Gasteiger partial charge in [0.05, 0.1) is 0 Å². The zero-order valence-electron chi connectivity index (χ0n) is 8.98. The molecule has 0 saturated carbocycles. The number of aliphatic hydroxyl groups is 1. The van der Waals surface area contributed by atoms with Crippen LogP contribution in [0.2, 0.25) is 0 Å². The van der Waals surface area contributed by atoms with Gasteiger partial charge < -0.3 is 5.11 Å². The number of aliphatic hydroxyl groups excluding tert-OH is 1. The first-order valence-electron chi connectivity index (χ1n) is 4.78. The Morgan fingerprint density at radius 3 is 2.21 bits per heavy atom. The van der Waals surface area contributed by atoms with Gasteiger partial charge in [-0.15, -0.1) is 0 Å². The highest BCUT2D eigenvalue weighted by Crippen LogP contribution is 2.36. The van der Waals surface area contributed by atoms with Crippen molar-refractivity contribution < 1.29 is 13.9 Å². The van der Waals surface area contributed by atoms with E-state index in [9.17, 15) is 8.78 Å². The Labute approximate surface area is 84.1 Å². The lowest BCUT2D eigenvalue weighted by Crippen LogP contribution is -2.29. The molecule has 1 nitrogen and oxygen atoms in total. The second kappa shape index (κ2) is 5.25. The van der Waals surface area contributed by atoms with Crippen molar-refractivity contribution in [1.29, 1.82) is 0 Å². The molecule has 0 bridgehead atoms. The number of hydrogen-bond acceptors (Lipinski definition) is 1. The summed E-state index contributed by atoms with van der Waals surface area (Å²) in [4.78, 5) is 0. The summed E-state index contributed by atoms with van der Waals surface area (Å²) in [6.45, 7) is 9.35. The molecule has 0 spiro atoms. The summed E-state index contributed by atoms with van der Waals surface area (Å²) < 4.78 is 25.2. The number of alkyl halides is 2. The summed E-state index contributed by atoms with van der Waals surface area (Å²) in [5.74, 6) is -2.99. The van der Waals surface area contributed by atoms with E-state index < -0.39 is 12.0 Å². The molecule has 1 atom stereocenters. The lowest BCUT2D eigenvalue weighted by atomic mass is 10.1. The van der Waals surface area contributed by atoms with Gasteiger partial charge in [-0.05, 0) is 12.5 Å². The summed E-state index contributed by atoms with van der Waals surface area (Å²) in [5, 5.41) is 9.01. The SMILES string of the molecule is C=C(C)C1=CCC(F)(F)C1O.CCC. The zero-order chi connectivity index (χ0) is 11.4. The average Bonchev–Trinajstić information content (AvgIpc) is 2.29. The lowest BCUT2D eigenvalue weighted by molar-refractivity contribution is -0.0770. The van der Waals surface area contributed by atoms with Crippen molar-refractivity contribution in [1.82, 2.24) is 0 Å². The Hall–Kier alpha value is -0.700. The first kappa shape index (κ1) is 13.3. The van der Waals surface area contributed by atoms with Gasteiger partial charge in [0, 0.05) is 6.42 Å². The number of allylic oxidation sites excluding steroid dienone is 1. The minimum absolute atomic E-state index is 0.273. The fourth-order valence-corrected chi connectivity index (χ4v) is 1.10. The Bertz CT molecular complexity index is 231. The predicted octanol–water partition coefficient (Wildman–Crippen LogP) is 3.31. The topological polar surface area (TPSA) is 20.2 Å². The molecule has 0 amide bonds. The first-order valence-corrected chi connectivity index (χ1v) is 4.78. The smallest absolute Gasteiger partial charge is 0.280 e. The molecule has 0 radical (unpaired) electrons. The quantitative estimate of drug-likeness (QED) is 0.694. The van der Waals surface area contributed by atoms with Crippen LogP contribution in [0.1, 0.15) is 33.6 Å². The molecule has 1 rings (SSSR count). The number of hydrogen-bond donors (Lipinski definition) is 1. The summed E-state index contributed by atoms with van der Waals surface area (Å²) in [6.07, 6.45) is 0.559. The van der Waals surface area contributed by atoms with Crippen molar-refractivity contribution in [3.8, 4) is 0 Å². The van der Waals surface area contributed by atoms with Crippen molar-refractivity contribution in [3.05, 3.63) is 23.8 Å². The molecule has 0 aromatic rings. The van der Waals surface area contributed by atoms with Gasteiger partial charge in [0.15, 0.2) is 0 Å². The normalized spacial score (nSPS) is 23.6. The molecule has 0 aromatic carbocycles. The summed E-state index contributed by atoms with van der Waals surface area (Å²) in [6, 6.07) is 0. The molecule has 0 aliphatic heterocycles. The molecular weight excluding hydrogens is 186 g/mol. The van der Waals surface area contributed by atoms with Crippen LogP contribution in [-0.2, 0) is 0 Å². The van der Waals surface area contributed by atoms with Gasteiger partial charge in [-0.2, -0.15) is 0 Å². The van der Waals surface area contributed by atoms with Crippen LogP contribution >= 0.6 is 0 Å². The van der Waals surface area contributed by atoms with Gasteiger partial charge in [0.2, 0.25) is 0 Å². The second-order valence-electron chi connectivity index (χ2n) is 3.51. The van der Waals surface area contributed by atoms with E-state index in [0.717, 1.165) is 0 Å². The molecule has 0 saturated heterocycles. The lowest BCUT2D eigenvalue weighted by Gasteiger charge is -2.16. The molecule has 1 aliphatic carbocycles. The van der Waals surface area contributed by atoms with Crippen LogP contribution in [0.4, 0.5) is 8.78 Å². The monoisotopic (exact) mass is 204 g/mol. The van der Waals surface area contributed by atoms with Crippen molar-refractivity contribution in [2.75, 3.05) is 0 Å². The molecule has 0 heterocycles. The molecule has 1 unspecified atom stereocenters. The molecule has 3 heteroatoms. The highest BCUT2D eigenvalue weighted by Gasteiger charge is 2.44. The fraction of sp³-hybridized carbons (Fsp3) is 0.636. The van der Waals surface area contributed by atoms with E-state index in [1.54, 1.807) is 6.92 Å². The first-order chi connectivity index (χ1) is 6.36. The molecule has 14 heavy (non-hydrogen) atoms. The minimum Gasteiger partial charge on any atom is -0.382 e. The van der Waals surface area contributed by atoms with Crippen LogP contribution in [0.5, 0.6) is 0 Å². The van der Waals surface area contributed by atoms with E-state index in [4.69, 9.17) is 5.11 Å². The van der Waals surface area contributed by atoms with E-state index in [-0.39, 0.29) is 12.0 Å². The maximum atomic E-state index is 12.6. The highest BCUT2D eigenvalue weighted by molar-refractivity contribution is 5.36. The third kappa shape index (κ3) is 3.22. The number of rotatable bonds is 1. The van der Waals surface area contributed by atoms with Crippen LogP contribution in [0.3, 0.4) is 0 Å². The number of halogens is 2. The largest absolute Gasteiger partial charge is 0.382 e. The van der Waals surface area contributed by atoms with Crippen molar-refractivity contribution in [2.24, 2.45) is 0 Å². The van der Waals surface area contributed by atoms with Gasteiger partial charge in [-0.25, -0.2) is 8.78 Å². The maximum absolute atomic E-state index is 12.6. The molecule has 0 fully saturated rings. The van der Waals surface area contributed by atoms with Gasteiger partial charge in [-0.1, -0.05) is 38.5 Å². The van der Waals surface area contributed by atoms with Crippen molar-refractivity contribution in [3.63, 3.8) is 0 Å². The van der Waals surface area contributed by atoms with Crippen LogP contribution in [-0.4, -0.2) is 17.1 Å². The molecule has 0 aromatic heterocycles. The minimum atomic E-state index is -2.99. The fourth-order valence-electron chi connectivity index (χ4n) is 1.10. The molecule has 82 valence electrons. The van der Waals surface area contributed by atoms with E-state index in [2.05, 4.69) is 20.4 Å². The predicted molar refractivity (Wildman–Crippen MR) is 54.4 cm³/mol. The standard InChI is InChI=1S/C8H10F2O.C3H8/c1-5(2)6-3-4-8(9,10)7(6)11;1-3-2/h3,7,11H,1,4H2,2H3;3H2,1-2H3. The highest BCUT2D eigenvalue weighted by atomic mass is 19.3. The van der Waals surface area contributed by atoms with Gasteiger partial charge in [0.25, 0.3) is 5.92 Å². The Kier molecular flexibility index (Phi) is 4.99. The van der Waals surface area contributed by atoms with Crippen molar-refractivity contribution in [2.45, 2.75) is 45.6 Å². The van der Waals surface area contributed by atoms with Crippen LogP contribution in [0, 0.1) is 0 Å². The van der Waals surface area contributed by atoms with Gasteiger partial charge in [-0.3, -0.25) is 0 Å². The van der Waals surface area contributed by atoms with Crippen LogP contribution < -0.4 is 0 Å². The van der Waals surface area contributed by atoms with E-state index in [1.165, 1.54) is 12.5 Å². The van der Waals surface area contributed by atoms with Crippen LogP contribution in [0.25, 0.3) is 0 Å². The van der Waals surface area contributed by atoms with E-state index in [1.807, 2.05) is 0 Å². The summed E-state index contributed by atoms with van der Waals surface area (Å²) in [5.41, 5.74) is 0.782. The van der Waals surface area contributed by atoms with E-state index in [0.29, 0.717) is 5.57 Å².